The van der Waals surface area contributed by atoms with Crippen molar-refractivity contribution in [3.05, 3.63) is 23.8 Å². The maximum atomic E-state index is 10.6. The minimum Gasteiger partial charge on any atom is -0.508 e. The fourth-order valence-corrected chi connectivity index (χ4v) is 1.38. The molecular weight excluding hydrogens is 196 g/mol. The van der Waals surface area contributed by atoms with Gasteiger partial charge in [-0.1, -0.05) is 0 Å². The Kier molecular flexibility index (Phi) is 2.55. The van der Waals surface area contributed by atoms with Crippen LogP contribution in [0.15, 0.2) is 23.1 Å². The Hall–Kier alpha value is -1.11. The van der Waals surface area contributed by atoms with Crippen LogP contribution in [-0.2, 0) is 16.7 Å². The van der Waals surface area contributed by atoms with Crippen molar-refractivity contribution < 1.29 is 23.2 Å². The van der Waals surface area contributed by atoms with Crippen molar-refractivity contribution in [1.82, 2.24) is 0 Å². The van der Waals surface area contributed by atoms with Gasteiger partial charge in [0.05, 0.1) is 11.5 Å². The van der Waals surface area contributed by atoms with E-state index in [-0.39, 0.29) is 16.2 Å². The standard InChI is InChI=1S/C7H8O5S/c8-4-5-3-6(13(10,11)12)1-2-7(5)9/h1-3,8-9H,4H2,(H,10,11,12). The van der Waals surface area contributed by atoms with Crippen molar-refractivity contribution in [3.63, 3.8) is 0 Å². The van der Waals surface area contributed by atoms with Gasteiger partial charge in [0, 0.05) is 5.56 Å². The van der Waals surface area contributed by atoms with Crippen LogP contribution in [0.4, 0.5) is 0 Å². The lowest BCUT2D eigenvalue weighted by atomic mass is 10.2. The number of aromatic hydroxyl groups is 1. The molecule has 5 nitrogen and oxygen atoms in total. The second-order valence-electron chi connectivity index (χ2n) is 2.42. The van der Waals surface area contributed by atoms with Crippen molar-refractivity contribution in [3.8, 4) is 5.75 Å². The SMILES string of the molecule is O=S(=O)(O)c1ccc(O)c(CO)c1. The lowest BCUT2D eigenvalue weighted by Gasteiger charge is -2.02. The van der Waals surface area contributed by atoms with E-state index in [0.29, 0.717) is 0 Å². The number of benzene rings is 1. The van der Waals surface area contributed by atoms with E-state index in [0.717, 1.165) is 18.2 Å². The summed E-state index contributed by atoms with van der Waals surface area (Å²) < 4.78 is 29.8. The van der Waals surface area contributed by atoms with Crippen LogP contribution in [0, 0.1) is 0 Å². The summed E-state index contributed by atoms with van der Waals surface area (Å²) in [5.41, 5.74) is 0.0510. The molecule has 0 unspecified atom stereocenters. The maximum Gasteiger partial charge on any atom is 0.294 e. The van der Waals surface area contributed by atoms with E-state index in [1.165, 1.54) is 0 Å². The molecule has 0 atom stereocenters. The Morgan fingerprint density at radius 3 is 2.38 bits per heavy atom. The summed E-state index contributed by atoms with van der Waals surface area (Å²) in [6.07, 6.45) is 0. The quantitative estimate of drug-likeness (QED) is 0.595. The summed E-state index contributed by atoms with van der Waals surface area (Å²) in [6, 6.07) is 3.14. The molecule has 0 bridgehead atoms. The molecular formula is C7H8O5S. The molecule has 0 fully saturated rings. The highest BCUT2D eigenvalue weighted by Crippen LogP contribution is 2.20. The third-order valence-corrected chi connectivity index (χ3v) is 2.37. The zero-order chi connectivity index (χ0) is 10.1. The van der Waals surface area contributed by atoms with E-state index in [4.69, 9.17) is 14.8 Å². The fourth-order valence-electron chi connectivity index (χ4n) is 0.849. The van der Waals surface area contributed by atoms with Crippen molar-refractivity contribution in [2.75, 3.05) is 0 Å². The first-order valence-corrected chi connectivity index (χ1v) is 4.79. The molecule has 0 aliphatic carbocycles. The molecule has 0 heterocycles. The summed E-state index contributed by atoms with van der Waals surface area (Å²) in [7, 11) is -4.27. The molecule has 72 valence electrons. The van der Waals surface area contributed by atoms with Gasteiger partial charge in [0.2, 0.25) is 0 Å². The van der Waals surface area contributed by atoms with E-state index in [2.05, 4.69) is 0 Å². The molecule has 0 amide bonds. The van der Waals surface area contributed by atoms with E-state index in [1.807, 2.05) is 0 Å². The third-order valence-electron chi connectivity index (χ3n) is 1.52. The van der Waals surface area contributed by atoms with Crippen LogP contribution in [0.5, 0.6) is 5.75 Å². The Morgan fingerprint density at radius 1 is 1.31 bits per heavy atom. The number of aliphatic hydroxyl groups is 1. The largest absolute Gasteiger partial charge is 0.508 e. The number of rotatable bonds is 2. The van der Waals surface area contributed by atoms with E-state index < -0.39 is 16.7 Å². The molecule has 1 aromatic rings. The summed E-state index contributed by atoms with van der Waals surface area (Å²) >= 11 is 0. The fraction of sp³-hybridized carbons (Fsp3) is 0.143. The lowest BCUT2D eigenvalue weighted by Crippen LogP contribution is -1.99. The molecule has 0 aliphatic rings. The minimum atomic E-state index is -4.27. The van der Waals surface area contributed by atoms with Crippen LogP contribution in [-0.4, -0.2) is 23.2 Å². The lowest BCUT2D eigenvalue weighted by molar-refractivity contribution is 0.275. The van der Waals surface area contributed by atoms with Crippen molar-refractivity contribution in [2.24, 2.45) is 0 Å². The maximum absolute atomic E-state index is 10.6. The summed E-state index contributed by atoms with van der Waals surface area (Å²) in [5, 5.41) is 17.7. The Balaban J connectivity index is 3.30. The smallest absolute Gasteiger partial charge is 0.294 e. The molecule has 0 saturated carbocycles. The normalized spacial score (nSPS) is 11.5. The van der Waals surface area contributed by atoms with E-state index in [1.54, 1.807) is 0 Å². The molecule has 6 heteroatoms. The molecule has 0 spiro atoms. The predicted octanol–water partition coefficient (Wildman–Crippen LogP) is 0.131. The molecule has 0 radical (unpaired) electrons. The predicted molar refractivity (Wildman–Crippen MR) is 43.8 cm³/mol. The third kappa shape index (κ3) is 2.18. The Labute approximate surface area is 75.0 Å². The van der Waals surface area contributed by atoms with Gasteiger partial charge in [-0.05, 0) is 18.2 Å². The molecule has 13 heavy (non-hydrogen) atoms. The number of hydrogen-bond donors (Lipinski definition) is 3. The van der Waals surface area contributed by atoms with Crippen molar-refractivity contribution in [2.45, 2.75) is 11.5 Å². The summed E-state index contributed by atoms with van der Waals surface area (Å²) in [6.45, 7) is -0.491. The van der Waals surface area contributed by atoms with Crippen LogP contribution < -0.4 is 0 Å². The van der Waals surface area contributed by atoms with Gasteiger partial charge >= 0.3 is 0 Å². The Bertz CT molecular complexity index is 409. The van der Waals surface area contributed by atoms with E-state index in [9.17, 15) is 8.42 Å². The van der Waals surface area contributed by atoms with Gasteiger partial charge in [-0.3, -0.25) is 4.55 Å². The van der Waals surface area contributed by atoms with Gasteiger partial charge in [0.15, 0.2) is 0 Å². The van der Waals surface area contributed by atoms with Crippen LogP contribution in [0.3, 0.4) is 0 Å². The summed E-state index contributed by atoms with van der Waals surface area (Å²) in [4.78, 5) is -0.352. The molecule has 1 rings (SSSR count). The second kappa shape index (κ2) is 3.33. The number of phenols is 1. The zero-order valence-electron chi connectivity index (χ0n) is 6.51. The average Bonchev–Trinajstić information content (AvgIpc) is 2.03. The first-order chi connectivity index (χ1) is 5.95. The second-order valence-corrected chi connectivity index (χ2v) is 3.85. The van der Waals surface area contributed by atoms with E-state index >= 15 is 0 Å². The highest BCUT2D eigenvalue weighted by Gasteiger charge is 2.11. The zero-order valence-corrected chi connectivity index (χ0v) is 7.32. The molecule has 0 aliphatic heterocycles. The first-order valence-electron chi connectivity index (χ1n) is 3.35. The van der Waals surface area contributed by atoms with Crippen LogP contribution in [0.2, 0.25) is 0 Å². The number of aliphatic hydroxyl groups excluding tert-OH is 1. The topological polar surface area (TPSA) is 94.8 Å². The van der Waals surface area contributed by atoms with Crippen molar-refractivity contribution >= 4 is 10.1 Å². The van der Waals surface area contributed by atoms with Crippen LogP contribution in [0.25, 0.3) is 0 Å². The Morgan fingerprint density at radius 2 is 1.92 bits per heavy atom. The van der Waals surface area contributed by atoms with Gasteiger partial charge in [0.25, 0.3) is 10.1 Å². The van der Waals surface area contributed by atoms with Gasteiger partial charge in [0.1, 0.15) is 5.75 Å². The molecule has 0 aromatic heterocycles. The van der Waals surface area contributed by atoms with Crippen LogP contribution in [0.1, 0.15) is 5.56 Å². The molecule has 3 N–H and O–H groups in total. The highest BCUT2D eigenvalue weighted by atomic mass is 32.2. The average molecular weight is 204 g/mol. The van der Waals surface area contributed by atoms with Gasteiger partial charge in [-0.25, -0.2) is 0 Å². The first kappa shape index (κ1) is 9.97. The minimum absolute atomic E-state index is 0.0510. The summed E-state index contributed by atoms with van der Waals surface area (Å²) in [5.74, 6) is -0.213. The monoisotopic (exact) mass is 204 g/mol. The van der Waals surface area contributed by atoms with Gasteiger partial charge < -0.3 is 10.2 Å². The number of hydrogen-bond acceptors (Lipinski definition) is 4. The van der Waals surface area contributed by atoms with Gasteiger partial charge in [-0.2, -0.15) is 8.42 Å². The van der Waals surface area contributed by atoms with Crippen LogP contribution >= 0.6 is 0 Å². The van der Waals surface area contributed by atoms with Crippen molar-refractivity contribution in [1.29, 1.82) is 0 Å². The highest BCUT2D eigenvalue weighted by molar-refractivity contribution is 7.85. The molecule has 1 aromatic carbocycles. The molecule has 0 saturated heterocycles. The van der Waals surface area contributed by atoms with Gasteiger partial charge in [-0.15, -0.1) is 0 Å².